The number of benzene rings is 1. The summed E-state index contributed by atoms with van der Waals surface area (Å²) < 4.78 is 24.1. The second-order valence-electron chi connectivity index (χ2n) is 7.46. The molecule has 0 unspecified atom stereocenters. The van der Waals surface area contributed by atoms with E-state index in [0.29, 0.717) is 19.7 Å². The highest BCUT2D eigenvalue weighted by molar-refractivity contribution is 7.09. The molecule has 29 heavy (non-hydrogen) atoms. The second kappa shape index (κ2) is 10.8. The van der Waals surface area contributed by atoms with E-state index < -0.39 is 0 Å². The summed E-state index contributed by atoms with van der Waals surface area (Å²) in [7, 11) is 3.16. The lowest BCUT2D eigenvalue weighted by molar-refractivity contribution is -0.136. The summed E-state index contributed by atoms with van der Waals surface area (Å²) in [5.41, 5.74) is 0.995. The topological polar surface area (TPSA) is 42.0 Å². The molecule has 5 nitrogen and oxygen atoms in total. The Bertz CT molecular complexity index is 771. The molecule has 2 atom stereocenters. The first-order valence-corrected chi connectivity index (χ1v) is 10.7. The van der Waals surface area contributed by atoms with Gasteiger partial charge in [0.05, 0.1) is 6.61 Å². The SMILES string of the molecule is COCCN(C[C@H]1CN(Cc2cccs2)C[C@@H]1c1cccc(F)c1)C(=O)COC. The third kappa shape index (κ3) is 6.09. The fourth-order valence-electron chi connectivity index (χ4n) is 4.03. The molecular formula is C22H29FN2O3S. The fraction of sp³-hybridized carbons (Fsp3) is 0.500. The van der Waals surface area contributed by atoms with Gasteiger partial charge in [-0.3, -0.25) is 9.69 Å². The number of thiophene rings is 1. The van der Waals surface area contributed by atoms with Crippen molar-refractivity contribution in [1.82, 2.24) is 9.80 Å². The predicted molar refractivity (Wildman–Crippen MR) is 113 cm³/mol. The highest BCUT2D eigenvalue weighted by Gasteiger charge is 2.36. The number of carbonyl (C=O) groups excluding carboxylic acids is 1. The minimum absolute atomic E-state index is 0.0424. The molecule has 0 spiro atoms. The molecule has 1 aliphatic heterocycles. The molecule has 2 heterocycles. The van der Waals surface area contributed by atoms with E-state index in [1.165, 1.54) is 18.1 Å². The van der Waals surface area contributed by atoms with Crippen molar-refractivity contribution in [3.63, 3.8) is 0 Å². The molecule has 1 saturated heterocycles. The number of ether oxygens (including phenoxy) is 2. The Hall–Kier alpha value is -1.80. The monoisotopic (exact) mass is 420 g/mol. The number of amides is 1. The molecule has 1 amide bonds. The standard InChI is InChI=1S/C22H29FN2O3S/c1-27-9-8-25(22(26)16-28-2)13-18-12-24(14-20-7-4-10-29-20)15-21(18)17-5-3-6-19(23)11-17/h3-7,10-11,18,21H,8-9,12-16H2,1-2H3/t18-,21-/m1/s1. The molecule has 2 aromatic rings. The van der Waals surface area contributed by atoms with Gasteiger partial charge in [0.2, 0.25) is 5.91 Å². The molecule has 0 bridgehead atoms. The van der Waals surface area contributed by atoms with Crippen LogP contribution in [0.4, 0.5) is 4.39 Å². The van der Waals surface area contributed by atoms with E-state index in [1.54, 1.807) is 30.6 Å². The van der Waals surface area contributed by atoms with Gasteiger partial charge in [0.15, 0.2) is 0 Å². The van der Waals surface area contributed by atoms with Gasteiger partial charge in [0.25, 0.3) is 0 Å². The first kappa shape index (κ1) is 21.9. The zero-order valence-corrected chi connectivity index (χ0v) is 17.9. The van der Waals surface area contributed by atoms with Gasteiger partial charge in [0.1, 0.15) is 12.4 Å². The number of hydrogen-bond donors (Lipinski definition) is 0. The Balaban J connectivity index is 1.77. The highest BCUT2D eigenvalue weighted by Crippen LogP contribution is 2.35. The van der Waals surface area contributed by atoms with Crippen molar-refractivity contribution in [1.29, 1.82) is 0 Å². The van der Waals surface area contributed by atoms with E-state index in [0.717, 1.165) is 25.2 Å². The third-order valence-corrected chi connectivity index (χ3v) is 6.25. The van der Waals surface area contributed by atoms with Gasteiger partial charge in [-0.25, -0.2) is 4.39 Å². The first-order valence-electron chi connectivity index (χ1n) is 9.86. The number of nitrogens with zero attached hydrogens (tertiary/aromatic N) is 2. The van der Waals surface area contributed by atoms with Crippen molar-refractivity contribution in [2.45, 2.75) is 12.5 Å². The summed E-state index contributed by atoms with van der Waals surface area (Å²) >= 11 is 1.75. The Labute approximate surface area is 176 Å². The van der Waals surface area contributed by atoms with E-state index in [2.05, 4.69) is 22.4 Å². The van der Waals surface area contributed by atoms with Crippen molar-refractivity contribution in [3.8, 4) is 0 Å². The van der Waals surface area contributed by atoms with Crippen LogP contribution in [0.1, 0.15) is 16.4 Å². The summed E-state index contributed by atoms with van der Waals surface area (Å²) in [5.74, 6) is 0.129. The largest absolute Gasteiger partial charge is 0.383 e. The quantitative estimate of drug-likeness (QED) is 0.592. The molecule has 1 aromatic heterocycles. The second-order valence-corrected chi connectivity index (χ2v) is 8.49. The van der Waals surface area contributed by atoms with Crippen molar-refractivity contribution in [2.75, 3.05) is 53.6 Å². The van der Waals surface area contributed by atoms with Crippen LogP contribution in [0, 0.1) is 11.7 Å². The molecule has 1 aromatic carbocycles. The Morgan fingerprint density at radius 2 is 2.10 bits per heavy atom. The van der Waals surface area contributed by atoms with Gasteiger partial charge in [-0.2, -0.15) is 0 Å². The molecule has 7 heteroatoms. The van der Waals surface area contributed by atoms with Crippen molar-refractivity contribution in [2.24, 2.45) is 5.92 Å². The van der Waals surface area contributed by atoms with Crippen LogP contribution in [-0.4, -0.2) is 69.3 Å². The van der Waals surface area contributed by atoms with Gasteiger partial charge < -0.3 is 14.4 Å². The average molecular weight is 421 g/mol. The molecule has 0 radical (unpaired) electrons. The van der Waals surface area contributed by atoms with Crippen LogP contribution in [-0.2, 0) is 20.8 Å². The molecule has 158 valence electrons. The lowest BCUT2D eigenvalue weighted by Gasteiger charge is -2.28. The van der Waals surface area contributed by atoms with Gasteiger partial charge in [-0.1, -0.05) is 18.2 Å². The maximum absolute atomic E-state index is 13.9. The maximum atomic E-state index is 13.9. The average Bonchev–Trinajstić information content (AvgIpc) is 3.35. The Morgan fingerprint density at radius 1 is 1.24 bits per heavy atom. The molecule has 0 saturated carbocycles. The fourth-order valence-corrected chi connectivity index (χ4v) is 4.78. The molecular weight excluding hydrogens is 391 g/mol. The van der Waals surface area contributed by atoms with Gasteiger partial charge in [-0.15, -0.1) is 11.3 Å². The molecule has 0 N–H and O–H groups in total. The van der Waals surface area contributed by atoms with E-state index in [-0.39, 0.29) is 30.2 Å². The first-order chi connectivity index (χ1) is 14.1. The van der Waals surface area contributed by atoms with Crippen LogP contribution >= 0.6 is 11.3 Å². The van der Waals surface area contributed by atoms with Crippen molar-refractivity contribution in [3.05, 3.63) is 58.0 Å². The van der Waals surface area contributed by atoms with Crippen LogP contribution in [0.5, 0.6) is 0 Å². The third-order valence-electron chi connectivity index (χ3n) is 5.39. The van der Waals surface area contributed by atoms with Crippen LogP contribution in [0.2, 0.25) is 0 Å². The zero-order valence-electron chi connectivity index (χ0n) is 17.1. The van der Waals surface area contributed by atoms with E-state index >= 15 is 0 Å². The highest BCUT2D eigenvalue weighted by atomic mass is 32.1. The van der Waals surface area contributed by atoms with Crippen LogP contribution in [0.3, 0.4) is 0 Å². The Morgan fingerprint density at radius 3 is 2.79 bits per heavy atom. The normalized spacial score (nSPS) is 19.6. The smallest absolute Gasteiger partial charge is 0.248 e. The predicted octanol–water partition coefficient (Wildman–Crippen LogP) is 3.22. The number of hydrogen-bond acceptors (Lipinski definition) is 5. The minimum atomic E-state index is -0.218. The van der Waals surface area contributed by atoms with E-state index in [4.69, 9.17) is 9.47 Å². The number of methoxy groups -OCH3 is 2. The summed E-state index contributed by atoms with van der Waals surface area (Å²) in [5, 5.41) is 2.09. The maximum Gasteiger partial charge on any atom is 0.248 e. The summed E-state index contributed by atoms with van der Waals surface area (Å²) in [6, 6.07) is 11.1. The lowest BCUT2D eigenvalue weighted by atomic mass is 9.88. The van der Waals surface area contributed by atoms with Gasteiger partial charge in [0, 0.05) is 57.7 Å². The van der Waals surface area contributed by atoms with Crippen molar-refractivity contribution >= 4 is 17.2 Å². The number of carbonyl (C=O) groups is 1. The Kier molecular flexibility index (Phi) is 8.18. The van der Waals surface area contributed by atoms with Crippen LogP contribution in [0.15, 0.2) is 41.8 Å². The molecule has 3 rings (SSSR count). The van der Waals surface area contributed by atoms with Gasteiger partial charge in [-0.05, 0) is 35.1 Å². The lowest BCUT2D eigenvalue weighted by Crippen LogP contribution is -2.41. The number of likely N-dealkylation sites (tertiary alicyclic amines) is 1. The summed E-state index contributed by atoms with van der Waals surface area (Å²) in [4.78, 5) is 18.1. The van der Waals surface area contributed by atoms with Gasteiger partial charge >= 0.3 is 0 Å². The molecule has 1 aliphatic rings. The van der Waals surface area contributed by atoms with Crippen LogP contribution in [0.25, 0.3) is 0 Å². The summed E-state index contributed by atoms with van der Waals surface area (Å²) in [6.07, 6.45) is 0. The molecule has 1 fully saturated rings. The zero-order chi connectivity index (χ0) is 20.6. The molecule has 0 aliphatic carbocycles. The minimum Gasteiger partial charge on any atom is -0.383 e. The summed E-state index contributed by atoms with van der Waals surface area (Å²) in [6.45, 7) is 4.25. The van der Waals surface area contributed by atoms with Crippen molar-refractivity contribution < 1.29 is 18.7 Å². The van der Waals surface area contributed by atoms with Crippen LogP contribution < -0.4 is 0 Å². The number of halogens is 1. The van der Waals surface area contributed by atoms with E-state index in [1.807, 2.05) is 11.0 Å². The van der Waals surface area contributed by atoms with E-state index in [9.17, 15) is 9.18 Å². The number of rotatable bonds is 10.